The number of nitrogens with zero attached hydrogens (tertiary/aromatic N) is 1. The van der Waals surface area contributed by atoms with Crippen molar-refractivity contribution in [3.8, 4) is 0 Å². The molecule has 1 fully saturated rings. The molecule has 0 radical (unpaired) electrons. The average Bonchev–Trinajstić information content (AvgIpc) is 2.19. The maximum Gasteiger partial charge on any atom is 0.225 e. The number of nitrogens with two attached hydrogens (primary N) is 1. The molecule has 1 saturated carbocycles. The van der Waals surface area contributed by atoms with E-state index in [0.29, 0.717) is 19.5 Å². The Morgan fingerprint density at radius 3 is 2.44 bits per heavy atom. The lowest BCUT2D eigenvalue weighted by Crippen LogP contribution is -2.48. The van der Waals surface area contributed by atoms with Crippen molar-refractivity contribution in [3.05, 3.63) is 0 Å². The summed E-state index contributed by atoms with van der Waals surface area (Å²) in [7, 11) is 1.70. The van der Waals surface area contributed by atoms with Crippen LogP contribution in [0.4, 0.5) is 0 Å². The van der Waals surface area contributed by atoms with E-state index in [9.17, 15) is 4.79 Å². The van der Waals surface area contributed by atoms with E-state index in [1.165, 1.54) is 6.42 Å². The molecule has 1 rings (SSSR count). The molecule has 94 valence electrons. The zero-order valence-corrected chi connectivity index (χ0v) is 10.7. The van der Waals surface area contributed by atoms with Gasteiger partial charge in [0, 0.05) is 26.2 Å². The summed E-state index contributed by atoms with van der Waals surface area (Å²) in [6, 6.07) is 0.213. The first-order valence-corrected chi connectivity index (χ1v) is 6.09. The first-order valence-electron chi connectivity index (χ1n) is 6.09. The zero-order valence-electron chi connectivity index (χ0n) is 10.7. The third-order valence-electron chi connectivity index (χ3n) is 3.48. The molecule has 0 bridgehead atoms. The Balaban J connectivity index is 2.54. The predicted octanol–water partition coefficient (Wildman–Crippen LogP) is 1.14. The van der Waals surface area contributed by atoms with Crippen LogP contribution < -0.4 is 5.73 Å². The van der Waals surface area contributed by atoms with E-state index in [1.807, 2.05) is 18.7 Å². The molecule has 0 saturated heterocycles. The number of hydrogen-bond acceptors (Lipinski definition) is 3. The number of rotatable bonds is 6. The van der Waals surface area contributed by atoms with E-state index in [0.717, 1.165) is 12.8 Å². The summed E-state index contributed by atoms with van der Waals surface area (Å²) in [5.41, 5.74) is 5.34. The molecule has 16 heavy (non-hydrogen) atoms. The van der Waals surface area contributed by atoms with E-state index in [2.05, 4.69) is 0 Å². The number of amides is 1. The van der Waals surface area contributed by atoms with Gasteiger partial charge in [-0.25, -0.2) is 0 Å². The minimum atomic E-state index is -0.182. The molecule has 0 aromatic rings. The maximum atomic E-state index is 12.1. The Labute approximate surface area is 98.1 Å². The second kappa shape index (κ2) is 5.64. The fourth-order valence-electron chi connectivity index (χ4n) is 2.21. The fraction of sp³-hybridized carbons (Fsp3) is 0.917. The van der Waals surface area contributed by atoms with Crippen molar-refractivity contribution in [1.82, 2.24) is 4.90 Å². The summed E-state index contributed by atoms with van der Waals surface area (Å²) < 4.78 is 5.47. The largest absolute Gasteiger partial charge is 0.378 e. The molecule has 0 aromatic carbocycles. The van der Waals surface area contributed by atoms with E-state index in [-0.39, 0.29) is 17.6 Å². The van der Waals surface area contributed by atoms with Crippen molar-refractivity contribution in [2.75, 3.05) is 20.2 Å². The van der Waals surface area contributed by atoms with Gasteiger partial charge >= 0.3 is 0 Å². The van der Waals surface area contributed by atoms with Gasteiger partial charge in [-0.15, -0.1) is 0 Å². The third-order valence-corrected chi connectivity index (χ3v) is 3.48. The lowest BCUT2D eigenvalue weighted by Gasteiger charge is -2.41. The summed E-state index contributed by atoms with van der Waals surface area (Å²) in [5, 5.41) is 0. The number of hydrogen-bond donors (Lipinski definition) is 1. The molecule has 0 spiro atoms. The van der Waals surface area contributed by atoms with Gasteiger partial charge in [0.1, 0.15) is 0 Å². The molecule has 4 nitrogen and oxygen atoms in total. The highest BCUT2D eigenvalue weighted by atomic mass is 16.5. The highest BCUT2D eigenvalue weighted by molar-refractivity contribution is 5.77. The Kier molecular flexibility index (Phi) is 4.74. The minimum Gasteiger partial charge on any atom is -0.378 e. The van der Waals surface area contributed by atoms with Gasteiger partial charge < -0.3 is 15.4 Å². The van der Waals surface area contributed by atoms with E-state index < -0.39 is 0 Å². The lowest BCUT2D eigenvalue weighted by molar-refractivity contribution is -0.145. The number of carbonyl (C=O) groups excluding carboxylic acids is 1. The first kappa shape index (κ1) is 13.5. The smallest absolute Gasteiger partial charge is 0.225 e. The highest BCUT2D eigenvalue weighted by Crippen LogP contribution is 2.38. The maximum absolute atomic E-state index is 12.1. The van der Waals surface area contributed by atoms with Crippen molar-refractivity contribution >= 4 is 5.91 Å². The third kappa shape index (κ3) is 2.95. The van der Waals surface area contributed by atoms with Crippen LogP contribution in [0, 0.1) is 0 Å². The molecule has 0 heterocycles. The number of ether oxygens (including phenoxy) is 1. The molecule has 1 aliphatic carbocycles. The van der Waals surface area contributed by atoms with Gasteiger partial charge in [-0.2, -0.15) is 0 Å². The summed E-state index contributed by atoms with van der Waals surface area (Å²) in [6.45, 7) is 5.20. The fourth-order valence-corrected chi connectivity index (χ4v) is 2.21. The standard InChI is InChI=1S/C12H24N2O2/c1-10(2)14(8-7-13)11(15)9-12(16-3)5-4-6-12/h10H,4-9,13H2,1-3H3. The second-order valence-corrected chi connectivity index (χ2v) is 4.89. The van der Waals surface area contributed by atoms with Gasteiger partial charge in [0.25, 0.3) is 0 Å². The number of methoxy groups -OCH3 is 1. The van der Waals surface area contributed by atoms with Crippen LogP contribution in [-0.4, -0.2) is 42.6 Å². The molecule has 4 heteroatoms. The monoisotopic (exact) mass is 228 g/mol. The SMILES string of the molecule is COC1(CC(=O)N(CCN)C(C)C)CCC1. The van der Waals surface area contributed by atoms with Crippen LogP contribution in [-0.2, 0) is 9.53 Å². The van der Waals surface area contributed by atoms with Crippen molar-refractivity contribution in [2.24, 2.45) is 5.73 Å². The van der Waals surface area contributed by atoms with Gasteiger partial charge in [0.05, 0.1) is 12.0 Å². The van der Waals surface area contributed by atoms with Crippen LogP contribution in [0.3, 0.4) is 0 Å². The van der Waals surface area contributed by atoms with E-state index >= 15 is 0 Å². The van der Waals surface area contributed by atoms with Gasteiger partial charge in [-0.1, -0.05) is 0 Å². The molecule has 2 N–H and O–H groups in total. The van der Waals surface area contributed by atoms with Crippen molar-refractivity contribution in [2.45, 2.75) is 51.2 Å². The lowest BCUT2D eigenvalue weighted by atomic mass is 9.77. The highest BCUT2D eigenvalue weighted by Gasteiger charge is 2.40. The van der Waals surface area contributed by atoms with Gasteiger partial charge in [0.15, 0.2) is 0 Å². The van der Waals surface area contributed by atoms with Crippen LogP contribution in [0.5, 0.6) is 0 Å². The summed E-state index contributed by atoms with van der Waals surface area (Å²) in [6.07, 6.45) is 3.68. The van der Waals surface area contributed by atoms with Gasteiger partial charge in [0.2, 0.25) is 5.91 Å². The predicted molar refractivity (Wildman–Crippen MR) is 64.1 cm³/mol. The summed E-state index contributed by atoms with van der Waals surface area (Å²) in [5.74, 6) is 0.169. The molecule has 1 amide bonds. The summed E-state index contributed by atoms with van der Waals surface area (Å²) in [4.78, 5) is 14.0. The number of carbonyl (C=O) groups is 1. The molecule has 0 unspecified atom stereocenters. The molecule has 0 aliphatic heterocycles. The Morgan fingerprint density at radius 1 is 1.50 bits per heavy atom. The topological polar surface area (TPSA) is 55.6 Å². The van der Waals surface area contributed by atoms with Crippen LogP contribution in [0.25, 0.3) is 0 Å². The van der Waals surface area contributed by atoms with Crippen LogP contribution in [0.15, 0.2) is 0 Å². The van der Waals surface area contributed by atoms with E-state index in [4.69, 9.17) is 10.5 Å². The molecule has 0 aromatic heterocycles. The minimum absolute atomic E-state index is 0.169. The van der Waals surface area contributed by atoms with Gasteiger partial charge in [-0.3, -0.25) is 4.79 Å². The molecule has 0 atom stereocenters. The summed E-state index contributed by atoms with van der Waals surface area (Å²) >= 11 is 0. The normalized spacial score (nSPS) is 18.3. The van der Waals surface area contributed by atoms with Crippen molar-refractivity contribution in [1.29, 1.82) is 0 Å². The van der Waals surface area contributed by atoms with Crippen molar-refractivity contribution < 1.29 is 9.53 Å². The van der Waals surface area contributed by atoms with Crippen LogP contribution in [0.1, 0.15) is 39.5 Å². The van der Waals surface area contributed by atoms with Crippen LogP contribution >= 0.6 is 0 Å². The zero-order chi connectivity index (χ0) is 12.2. The Hall–Kier alpha value is -0.610. The Morgan fingerprint density at radius 2 is 2.12 bits per heavy atom. The van der Waals surface area contributed by atoms with Crippen molar-refractivity contribution in [3.63, 3.8) is 0 Å². The quantitative estimate of drug-likeness (QED) is 0.741. The second-order valence-electron chi connectivity index (χ2n) is 4.89. The van der Waals surface area contributed by atoms with Gasteiger partial charge in [-0.05, 0) is 33.1 Å². The Bertz CT molecular complexity index is 232. The molecule has 1 aliphatic rings. The van der Waals surface area contributed by atoms with Crippen LogP contribution in [0.2, 0.25) is 0 Å². The van der Waals surface area contributed by atoms with E-state index in [1.54, 1.807) is 7.11 Å². The first-order chi connectivity index (χ1) is 7.54. The molecular weight excluding hydrogens is 204 g/mol. The average molecular weight is 228 g/mol. The molecular formula is C12H24N2O2.